The van der Waals surface area contributed by atoms with Crippen LogP contribution in [0.1, 0.15) is 129 Å². The first-order chi connectivity index (χ1) is 28.5. The molecule has 0 aromatic carbocycles. The summed E-state index contributed by atoms with van der Waals surface area (Å²) in [6.45, 7) is 4.11. The van der Waals surface area contributed by atoms with Crippen LogP contribution >= 0.6 is 7.82 Å². The fraction of sp³-hybridized carbons (Fsp3) is 0.625. The van der Waals surface area contributed by atoms with E-state index in [1.807, 2.05) is 33.3 Å². The number of hydrogen-bond acceptors (Lipinski definition) is 8. The number of quaternary nitrogens is 1. The Balaban J connectivity index is 2.37. The first-order valence-corrected chi connectivity index (χ1v) is 23.6. The lowest BCUT2D eigenvalue weighted by Gasteiger charge is -2.24. The largest absolute Gasteiger partial charge is 0.472 e. The SMILES string of the molecule is CC/C=C\C/C=C\C/C=C\C/C=C\C/C=C\CCCC(=O)O[C@H](COC(=O)CCC/C=C\C/C=C\C/C=C\CC1OC1CCCCC)COP(=O)(O)OCC[N+](C)(C)C. The molecule has 1 heterocycles. The predicted octanol–water partition coefficient (Wildman–Crippen LogP) is 11.6. The van der Waals surface area contributed by atoms with Crippen molar-refractivity contribution in [2.75, 3.05) is 47.5 Å². The first kappa shape index (κ1) is 53.9. The summed E-state index contributed by atoms with van der Waals surface area (Å²) < 4.78 is 39.9. The number of epoxide rings is 1. The van der Waals surface area contributed by atoms with Gasteiger partial charge in [0.1, 0.15) is 19.8 Å². The van der Waals surface area contributed by atoms with Crippen LogP contribution in [-0.4, -0.2) is 87.1 Å². The van der Waals surface area contributed by atoms with Crippen molar-refractivity contribution in [3.63, 3.8) is 0 Å². The zero-order valence-electron chi connectivity index (χ0n) is 37.1. The number of phosphoric acid groups is 1. The predicted molar refractivity (Wildman–Crippen MR) is 242 cm³/mol. The lowest BCUT2D eigenvalue weighted by atomic mass is 10.1. The summed E-state index contributed by atoms with van der Waals surface area (Å²) in [5.74, 6) is -0.949. The summed E-state index contributed by atoms with van der Waals surface area (Å²) in [6, 6.07) is 0. The van der Waals surface area contributed by atoms with E-state index in [0.29, 0.717) is 42.5 Å². The Morgan fingerprint density at radius 3 is 1.68 bits per heavy atom. The molecule has 0 amide bonds. The molecule has 0 spiro atoms. The average Bonchev–Trinajstić information content (AvgIpc) is 3.94. The van der Waals surface area contributed by atoms with Crippen molar-refractivity contribution in [3.05, 3.63) is 97.2 Å². The van der Waals surface area contributed by atoms with Crippen LogP contribution < -0.4 is 0 Å². The van der Waals surface area contributed by atoms with Crippen molar-refractivity contribution < 1.29 is 46.8 Å². The van der Waals surface area contributed by atoms with Gasteiger partial charge < -0.3 is 23.6 Å². The summed E-state index contributed by atoms with van der Waals surface area (Å²) in [7, 11) is 1.39. The molecule has 1 aliphatic rings. The van der Waals surface area contributed by atoms with Crippen molar-refractivity contribution >= 4 is 19.8 Å². The molecule has 4 atom stereocenters. The third kappa shape index (κ3) is 36.5. The molecule has 3 unspecified atom stereocenters. The molecule has 0 bridgehead atoms. The number of esters is 2. The maximum absolute atomic E-state index is 12.7. The molecule has 59 heavy (non-hydrogen) atoms. The maximum atomic E-state index is 12.7. The third-order valence-electron chi connectivity index (χ3n) is 9.02. The first-order valence-electron chi connectivity index (χ1n) is 22.1. The van der Waals surface area contributed by atoms with Gasteiger partial charge in [0.2, 0.25) is 0 Å². The van der Waals surface area contributed by atoms with Gasteiger partial charge in [0.25, 0.3) is 0 Å². The molecule has 11 heteroatoms. The molecule has 1 N–H and O–H groups in total. The minimum absolute atomic E-state index is 0.00477. The van der Waals surface area contributed by atoms with Crippen LogP contribution in [0.25, 0.3) is 0 Å². The molecule has 10 nitrogen and oxygen atoms in total. The Labute approximate surface area is 358 Å². The number of likely N-dealkylation sites (N-methyl/N-ethyl adjacent to an activating group) is 1. The van der Waals surface area contributed by atoms with Crippen molar-refractivity contribution in [1.82, 2.24) is 0 Å². The average molecular weight is 845 g/mol. The minimum atomic E-state index is -4.41. The molecule has 334 valence electrons. The highest BCUT2D eigenvalue weighted by Gasteiger charge is 2.36. The molecular formula is C48H79NO9P+. The van der Waals surface area contributed by atoms with E-state index in [2.05, 4.69) is 98.9 Å². The standard InChI is InChI=1S/C48H78NO9P/c1-6-8-10-11-12-13-14-15-16-17-18-19-20-25-28-31-35-39-48(51)57-44(43-56-59(52,53)55-41-40-49(3,4)5)42-54-47(50)38-34-30-27-24-22-21-23-26-29-33-37-46-45(58-46)36-32-9-7-2/h8,10,12-13,15-16,18-19,21,23-25,27-29,33,44-46H,6-7,9,11,14,17,20,22,26,30-32,34-43H2,1-5H3/p+1/b10-8-,13-12-,16-15-,19-18-,23-21-,27-24-,28-25-,33-29-/t44-,45?,46?/m1/s1. The number of nitrogens with zero attached hydrogens (tertiary/aromatic N) is 1. The zero-order valence-corrected chi connectivity index (χ0v) is 38.0. The van der Waals surface area contributed by atoms with Gasteiger partial charge in [-0.25, -0.2) is 4.57 Å². The number of rotatable bonds is 37. The second-order valence-corrected chi connectivity index (χ2v) is 17.2. The number of unbranched alkanes of at least 4 members (excludes halogenated alkanes) is 4. The van der Waals surface area contributed by atoms with Crippen molar-refractivity contribution in [2.45, 2.75) is 148 Å². The van der Waals surface area contributed by atoms with Crippen LogP contribution in [-0.2, 0) is 37.4 Å². The number of hydrogen-bond donors (Lipinski definition) is 1. The second-order valence-electron chi connectivity index (χ2n) is 15.7. The summed E-state index contributed by atoms with van der Waals surface area (Å²) in [5.41, 5.74) is 0. The quantitative estimate of drug-likeness (QED) is 0.0163. The van der Waals surface area contributed by atoms with E-state index >= 15 is 0 Å². The van der Waals surface area contributed by atoms with Crippen LogP contribution in [0.15, 0.2) is 97.2 Å². The Kier molecular flexibility index (Phi) is 32.6. The van der Waals surface area contributed by atoms with Gasteiger partial charge in [0, 0.05) is 12.8 Å². The van der Waals surface area contributed by atoms with E-state index in [0.717, 1.165) is 57.8 Å². The molecule has 1 aliphatic heterocycles. The van der Waals surface area contributed by atoms with Gasteiger partial charge in [-0.1, -0.05) is 130 Å². The summed E-state index contributed by atoms with van der Waals surface area (Å²) in [6.07, 6.45) is 49.3. The lowest BCUT2D eigenvalue weighted by Crippen LogP contribution is -2.37. The van der Waals surface area contributed by atoms with Crippen LogP contribution in [0.4, 0.5) is 0 Å². The van der Waals surface area contributed by atoms with E-state index in [1.54, 1.807) is 0 Å². The highest BCUT2D eigenvalue weighted by atomic mass is 31.2. The molecular weight excluding hydrogens is 766 g/mol. The zero-order chi connectivity index (χ0) is 43.3. The number of carbonyl (C=O) groups excluding carboxylic acids is 2. The number of carbonyl (C=O) groups is 2. The van der Waals surface area contributed by atoms with Gasteiger partial charge in [-0.3, -0.25) is 18.6 Å². The van der Waals surface area contributed by atoms with E-state index in [4.69, 9.17) is 23.3 Å². The molecule has 0 radical (unpaired) electrons. The fourth-order valence-corrected chi connectivity index (χ4v) is 6.23. The molecule has 0 saturated carbocycles. The molecule has 1 fully saturated rings. The van der Waals surface area contributed by atoms with Crippen LogP contribution in [0.3, 0.4) is 0 Å². The molecule has 0 aromatic rings. The van der Waals surface area contributed by atoms with Crippen LogP contribution in [0.5, 0.6) is 0 Å². The second kappa shape index (κ2) is 35.6. The smallest absolute Gasteiger partial charge is 0.462 e. The Bertz CT molecular complexity index is 1390. The third-order valence-corrected chi connectivity index (χ3v) is 10.0. The molecule has 1 rings (SSSR count). The Morgan fingerprint density at radius 2 is 1.15 bits per heavy atom. The van der Waals surface area contributed by atoms with Gasteiger partial charge in [-0.05, 0) is 83.5 Å². The maximum Gasteiger partial charge on any atom is 0.472 e. The molecule has 0 aliphatic carbocycles. The van der Waals surface area contributed by atoms with Gasteiger partial charge in [0.05, 0.1) is 40.0 Å². The van der Waals surface area contributed by atoms with Crippen molar-refractivity contribution in [3.8, 4) is 0 Å². The lowest BCUT2D eigenvalue weighted by molar-refractivity contribution is -0.870. The number of allylic oxidation sites excluding steroid dienone is 15. The molecule has 1 saturated heterocycles. The van der Waals surface area contributed by atoms with Gasteiger partial charge in [-0.15, -0.1) is 0 Å². The summed E-state index contributed by atoms with van der Waals surface area (Å²) in [5, 5.41) is 0. The fourth-order valence-electron chi connectivity index (χ4n) is 5.49. The highest BCUT2D eigenvalue weighted by Crippen LogP contribution is 2.43. The van der Waals surface area contributed by atoms with E-state index in [1.165, 1.54) is 25.7 Å². The van der Waals surface area contributed by atoms with Crippen LogP contribution in [0, 0.1) is 0 Å². The van der Waals surface area contributed by atoms with Crippen LogP contribution in [0.2, 0.25) is 0 Å². The van der Waals surface area contributed by atoms with E-state index in [9.17, 15) is 19.0 Å². The minimum Gasteiger partial charge on any atom is -0.462 e. The van der Waals surface area contributed by atoms with Crippen molar-refractivity contribution in [1.29, 1.82) is 0 Å². The van der Waals surface area contributed by atoms with E-state index in [-0.39, 0.29) is 26.1 Å². The monoisotopic (exact) mass is 845 g/mol. The van der Waals surface area contributed by atoms with Gasteiger partial charge in [0.15, 0.2) is 6.10 Å². The highest BCUT2D eigenvalue weighted by molar-refractivity contribution is 7.47. The summed E-state index contributed by atoms with van der Waals surface area (Å²) in [4.78, 5) is 35.3. The van der Waals surface area contributed by atoms with Crippen molar-refractivity contribution in [2.24, 2.45) is 0 Å². The van der Waals surface area contributed by atoms with Gasteiger partial charge in [-0.2, -0.15) is 0 Å². The number of phosphoric ester groups is 1. The number of ether oxygens (including phenoxy) is 3. The summed E-state index contributed by atoms with van der Waals surface area (Å²) >= 11 is 0. The topological polar surface area (TPSA) is 121 Å². The van der Waals surface area contributed by atoms with E-state index < -0.39 is 32.5 Å². The normalized spacial score (nSPS) is 17.9. The van der Waals surface area contributed by atoms with Gasteiger partial charge >= 0.3 is 19.8 Å². The molecule has 0 aromatic heterocycles. The Morgan fingerprint density at radius 1 is 0.644 bits per heavy atom. The Hall–Kier alpha value is -3.11.